The van der Waals surface area contributed by atoms with Gasteiger partial charge in [-0.3, -0.25) is 0 Å². The van der Waals surface area contributed by atoms with E-state index in [2.05, 4.69) is 72.8 Å². The summed E-state index contributed by atoms with van der Waals surface area (Å²) in [7, 11) is 0.303. The summed E-state index contributed by atoms with van der Waals surface area (Å²) in [4.78, 5) is 0. The van der Waals surface area contributed by atoms with Crippen LogP contribution in [0.25, 0.3) is 11.1 Å². The van der Waals surface area contributed by atoms with E-state index in [9.17, 15) is 4.46 Å². The molecule has 1 saturated carbocycles. The van der Waals surface area contributed by atoms with Crippen molar-refractivity contribution in [2.24, 2.45) is 0 Å². The Morgan fingerprint density at radius 3 is 2.26 bits per heavy atom. The van der Waals surface area contributed by atoms with E-state index in [-0.39, 0.29) is 21.7 Å². The van der Waals surface area contributed by atoms with Gasteiger partial charge in [-0.1, -0.05) is 104 Å². The summed E-state index contributed by atoms with van der Waals surface area (Å²) in [5, 5.41) is 0. The average Bonchev–Trinajstić information content (AvgIpc) is 3.22. The molecule has 0 N–H and O–H groups in total. The third-order valence-electron chi connectivity index (χ3n) is 7.36. The van der Waals surface area contributed by atoms with E-state index in [1.165, 1.54) is 71.1 Å². The van der Waals surface area contributed by atoms with E-state index in [0.717, 1.165) is 18.9 Å². The molecule has 0 radical (unpaired) electrons. The van der Waals surface area contributed by atoms with Gasteiger partial charge in [0.05, 0.1) is 0 Å². The molecule has 3 aliphatic carbocycles. The fourth-order valence-electron chi connectivity index (χ4n) is 5.54. The maximum atomic E-state index is 13.4. The van der Waals surface area contributed by atoms with Crippen molar-refractivity contribution in [2.75, 3.05) is 7.05 Å². The first-order valence-corrected chi connectivity index (χ1v) is 14.3. The van der Waals surface area contributed by atoms with Crippen molar-refractivity contribution in [2.45, 2.75) is 64.0 Å². The van der Waals surface area contributed by atoms with Gasteiger partial charge in [0.25, 0.3) is 0 Å². The van der Waals surface area contributed by atoms with Gasteiger partial charge >= 0.3 is 30.6 Å². The number of benzene rings is 2. The van der Waals surface area contributed by atoms with Crippen molar-refractivity contribution in [3.8, 4) is 0 Å². The van der Waals surface area contributed by atoms with Crippen molar-refractivity contribution < 1.29 is 26.2 Å². The van der Waals surface area contributed by atoms with Crippen LogP contribution in [0.3, 0.4) is 0 Å². The molecule has 0 atom stereocenters. The molecule has 0 heterocycles. The Bertz CT molecular complexity index is 1140. The minimum atomic E-state index is -1.80. The van der Waals surface area contributed by atoms with Crippen molar-refractivity contribution in [1.82, 2.24) is 4.57 Å². The fraction of sp³-hybridized carbons (Fsp3) is 0.355. The first-order chi connectivity index (χ1) is 16.6. The predicted molar refractivity (Wildman–Crippen MR) is 146 cm³/mol. The van der Waals surface area contributed by atoms with Gasteiger partial charge in [0.2, 0.25) is 0 Å². The Balaban J connectivity index is 0.000000521. The first kappa shape index (κ1) is 27.5. The van der Waals surface area contributed by atoms with Crippen LogP contribution in [0.5, 0.6) is 0 Å². The van der Waals surface area contributed by atoms with E-state index >= 15 is 0 Å². The normalized spacial score (nSPS) is 16.6. The SMILES string of the molecule is C=CC=CC.CN(C1CCCCC1)[Si](=O)CC1=C2C(=CC1)c1ccccc1Cc1ccccc12.[Ti+2]. The van der Waals surface area contributed by atoms with Crippen LogP contribution >= 0.6 is 0 Å². The van der Waals surface area contributed by atoms with Crippen molar-refractivity contribution >= 4 is 20.0 Å². The van der Waals surface area contributed by atoms with Gasteiger partial charge in [0.1, 0.15) is 0 Å². The van der Waals surface area contributed by atoms with Gasteiger partial charge in [-0.15, -0.1) is 0 Å². The van der Waals surface area contributed by atoms with Crippen molar-refractivity contribution in [1.29, 1.82) is 0 Å². The molecule has 3 aliphatic rings. The van der Waals surface area contributed by atoms with Crippen molar-refractivity contribution in [3.63, 3.8) is 0 Å². The smallest absolute Gasteiger partial charge is 0.377 e. The van der Waals surface area contributed by atoms with Crippen LogP contribution in [-0.2, 0) is 32.6 Å². The molecule has 0 bridgehead atoms. The molecule has 0 saturated heterocycles. The molecular formula is C31H37NOSiTi+2. The molecule has 2 nitrogen and oxygen atoms in total. The van der Waals surface area contributed by atoms with Gasteiger partial charge in [-0.05, 0) is 66.0 Å². The van der Waals surface area contributed by atoms with E-state index in [1.807, 2.05) is 19.1 Å². The van der Waals surface area contributed by atoms with Gasteiger partial charge in [-0.2, -0.15) is 0 Å². The molecule has 1 fully saturated rings. The van der Waals surface area contributed by atoms with Crippen molar-refractivity contribution in [3.05, 3.63) is 107 Å². The Morgan fingerprint density at radius 2 is 1.63 bits per heavy atom. The number of fused-ring (bicyclic) bond motifs is 5. The monoisotopic (exact) mass is 515 g/mol. The predicted octanol–water partition coefficient (Wildman–Crippen LogP) is 7.76. The third-order valence-corrected chi connectivity index (χ3v) is 9.24. The van der Waals surface area contributed by atoms with Crippen LogP contribution in [0.4, 0.5) is 0 Å². The number of hydrogen-bond acceptors (Lipinski definition) is 1. The van der Waals surface area contributed by atoms with Crippen LogP contribution in [0.15, 0.2) is 85.0 Å². The van der Waals surface area contributed by atoms with Crippen LogP contribution < -0.4 is 0 Å². The largest absolute Gasteiger partial charge is 2.00 e. The standard InChI is InChI=1S/C26H29NOSi.C5H8.Ti/c1-27(22-11-3-2-4-12-22)29(28)18-21-15-16-25-23-13-7-5-9-19(23)17-20-10-6-8-14-24(20)26(21)25;1-3-5-4-2;/h5-10,13-14,16,22H,2-4,11-12,15,17-18H2,1H3;3-5H,1H2,2H3;/q;;+2. The number of allylic oxidation sites excluding steroid dienone is 7. The zero-order chi connectivity index (χ0) is 23.9. The van der Waals surface area contributed by atoms with Crippen LogP contribution in [0, 0.1) is 0 Å². The molecule has 178 valence electrons. The molecule has 35 heavy (non-hydrogen) atoms. The van der Waals surface area contributed by atoms with Crippen LogP contribution in [0.1, 0.15) is 67.7 Å². The molecule has 0 aliphatic heterocycles. The summed E-state index contributed by atoms with van der Waals surface area (Å²) in [6.07, 6.45) is 16.2. The molecule has 5 rings (SSSR count). The van der Waals surface area contributed by atoms with Crippen LogP contribution in [0.2, 0.25) is 6.04 Å². The minimum Gasteiger partial charge on any atom is -0.377 e. The number of rotatable bonds is 5. The maximum Gasteiger partial charge on any atom is 2.00 e. The number of nitrogens with zero attached hydrogens (tertiary/aromatic N) is 1. The molecule has 2 aromatic carbocycles. The van der Waals surface area contributed by atoms with E-state index < -0.39 is 8.84 Å². The van der Waals surface area contributed by atoms with Gasteiger partial charge in [0, 0.05) is 19.1 Å². The van der Waals surface area contributed by atoms with E-state index in [0.29, 0.717) is 6.04 Å². The molecular weight excluding hydrogens is 478 g/mol. The summed E-state index contributed by atoms with van der Waals surface area (Å²) in [6, 6.07) is 18.8. The maximum absolute atomic E-state index is 13.4. The second kappa shape index (κ2) is 13.3. The molecule has 4 heteroatoms. The Morgan fingerprint density at radius 1 is 1.00 bits per heavy atom. The molecule has 0 aromatic heterocycles. The summed E-state index contributed by atoms with van der Waals surface area (Å²) < 4.78 is 15.6. The third kappa shape index (κ3) is 6.39. The quantitative estimate of drug-likeness (QED) is 0.300. The molecule has 0 amide bonds. The summed E-state index contributed by atoms with van der Waals surface area (Å²) in [6.45, 7) is 5.42. The second-order valence-electron chi connectivity index (χ2n) is 9.53. The van der Waals surface area contributed by atoms with Gasteiger partial charge in [0.15, 0.2) is 0 Å². The zero-order valence-corrected chi connectivity index (χ0v) is 23.8. The Kier molecular flexibility index (Phi) is 10.5. The Hall–Kier alpha value is -2.07. The van der Waals surface area contributed by atoms with E-state index in [4.69, 9.17) is 0 Å². The topological polar surface area (TPSA) is 20.3 Å². The average molecular weight is 516 g/mol. The summed E-state index contributed by atoms with van der Waals surface area (Å²) in [5.74, 6) is 0. The minimum absolute atomic E-state index is 0. The zero-order valence-electron chi connectivity index (χ0n) is 21.2. The molecule has 2 aromatic rings. The van der Waals surface area contributed by atoms with Gasteiger partial charge < -0.3 is 9.03 Å². The Labute approximate surface area is 228 Å². The van der Waals surface area contributed by atoms with Crippen LogP contribution in [-0.4, -0.2) is 26.5 Å². The van der Waals surface area contributed by atoms with Gasteiger partial charge in [-0.25, -0.2) is 0 Å². The second-order valence-corrected chi connectivity index (χ2v) is 11.4. The molecule has 0 spiro atoms. The summed E-state index contributed by atoms with van der Waals surface area (Å²) >= 11 is 0. The summed E-state index contributed by atoms with van der Waals surface area (Å²) in [5.41, 5.74) is 9.58. The van der Waals surface area contributed by atoms with E-state index in [1.54, 1.807) is 6.08 Å². The number of hydrogen-bond donors (Lipinski definition) is 0. The first-order valence-electron chi connectivity index (χ1n) is 12.7. The molecule has 0 unspecified atom stereocenters. The fourth-order valence-corrected chi connectivity index (χ4v) is 7.14.